The third-order valence-corrected chi connectivity index (χ3v) is 4.55. The van der Waals surface area contributed by atoms with Gasteiger partial charge in [0.1, 0.15) is 0 Å². The summed E-state index contributed by atoms with van der Waals surface area (Å²) in [6.07, 6.45) is -1.62. The topological polar surface area (TPSA) is 43.8 Å². The summed E-state index contributed by atoms with van der Waals surface area (Å²) in [5, 5.41) is 8.82. The molecule has 7 heteroatoms. The zero-order valence-electron chi connectivity index (χ0n) is 14.4. The fourth-order valence-electron chi connectivity index (χ4n) is 3.43. The van der Waals surface area contributed by atoms with Crippen molar-refractivity contribution in [2.24, 2.45) is 5.92 Å². The third kappa shape index (κ3) is 6.66. The van der Waals surface area contributed by atoms with Gasteiger partial charge in [-0.3, -0.25) is 9.69 Å². The Morgan fingerprint density at radius 1 is 1.40 bits per heavy atom. The van der Waals surface area contributed by atoms with E-state index in [0.717, 1.165) is 45.1 Å². The summed E-state index contributed by atoms with van der Waals surface area (Å²) >= 11 is 0. The maximum absolute atomic E-state index is 12.8. The minimum Gasteiger partial charge on any atom is -0.480 e. The van der Waals surface area contributed by atoms with Crippen molar-refractivity contribution in [1.29, 1.82) is 0 Å². The molecule has 1 aromatic rings. The van der Waals surface area contributed by atoms with E-state index in [1.165, 1.54) is 12.1 Å². The summed E-state index contributed by atoms with van der Waals surface area (Å²) in [5.74, 6) is -0.431. The lowest BCUT2D eigenvalue weighted by atomic mass is 9.97. The van der Waals surface area contributed by atoms with Crippen LogP contribution in [0, 0.1) is 5.92 Å². The van der Waals surface area contributed by atoms with Crippen molar-refractivity contribution in [3.05, 3.63) is 35.4 Å². The van der Waals surface area contributed by atoms with Crippen molar-refractivity contribution in [2.75, 3.05) is 39.8 Å². The molecule has 0 bridgehead atoms. The summed E-state index contributed by atoms with van der Waals surface area (Å²) in [6, 6.07) is 5.51. The van der Waals surface area contributed by atoms with E-state index in [9.17, 15) is 18.0 Å². The van der Waals surface area contributed by atoms with Crippen LogP contribution in [0.1, 0.15) is 24.0 Å². The molecule has 2 rings (SSSR count). The number of halogens is 3. The Balaban J connectivity index is 1.83. The molecule has 0 saturated carbocycles. The van der Waals surface area contributed by atoms with Gasteiger partial charge in [-0.25, -0.2) is 0 Å². The highest BCUT2D eigenvalue weighted by Gasteiger charge is 2.30. The number of carbonyl (C=O) groups is 1. The van der Waals surface area contributed by atoms with Crippen LogP contribution in [0.15, 0.2) is 24.3 Å². The van der Waals surface area contributed by atoms with Gasteiger partial charge < -0.3 is 10.0 Å². The van der Waals surface area contributed by atoms with Crippen molar-refractivity contribution < 1.29 is 23.1 Å². The number of rotatable bonds is 7. The van der Waals surface area contributed by atoms with Crippen LogP contribution in [0.4, 0.5) is 13.2 Å². The number of likely N-dealkylation sites (N-methyl/N-ethyl adjacent to an activating group) is 1. The van der Waals surface area contributed by atoms with Crippen LogP contribution in [0.25, 0.3) is 0 Å². The van der Waals surface area contributed by atoms with E-state index in [1.807, 2.05) is 4.90 Å². The molecule has 0 amide bonds. The molecule has 1 saturated heterocycles. The molecule has 0 aliphatic carbocycles. The molecule has 1 atom stereocenters. The fourth-order valence-corrected chi connectivity index (χ4v) is 3.43. The van der Waals surface area contributed by atoms with Gasteiger partial charge in [-0.1, -0.05) is 18.2 Å². The summed E-state index contributed by atoms with van der Waals surface area (Å²) < 4.78 is 38.3. The van der Waals surface area contributed by atoms with Gasteiger partial charge in [-0.15, -0.1) is 0 Å². The lowest BCUT2D eigenvalue weighted by Crippen LogP contribution is -2.41. The maximum Gasteiger partial charge on any atom is 0.416 e. The molecule has 1 heterocycles. The summed E-state index contributed by atoms with van der Waals surface area (Å²) in [5.41, 5.74) is 0.0942. The number of carboxylic acid groups (broad SMARTS) is 1. The van der Waals surface area contributed by atoms with E-state index < -0.39 is 17.7 Å². The number of hydrogen-bond donors (Lipinski definition) is 1. The summed E-state index contributed by atoms with van der Waals surface area (Å²) in [4.78, 5) is 14.8. The van der Waals surface area contributed by atoms with E-state index in [2.05, 4.69) is 4.90 Å². The average molecular weight is 358 g/mol. The van der Waals surface area contributed by atoms with Gasteiger partial charge in [-0.2, -0.15) is 13.2 Å². The second kappa shape index (κ2) is 8.67. The first-order chi connectivity index (χ1) is 11.7. The maximum atomic E-state index is 12.8. The Kier molecular flexibility index (Phi) is 6.84. The van der Waals surface area contributed by atoms with Crippen LogP contribution in [-0.2, 0) is 17.4 Å². The van der Waals surface area contributed by atoms with E-state index in [0.29, 0.717) is 17.9 Å². The van der Waals surface area contributed by atoms with Crippen molar-refractivity contribution in [3.63, 3.8) is 0 Å². The quantitative estimate of drug-likeness (QED) is 0.814. The van der Waals surface area contributed by atoms with E-state index in [4.69, 9.17) is 5.11 Å². The van der Waals surface area contributed by atoms with Crippen molar-refractivity contribution in [1.82, 2.24) is 9.80 Å². The van der Waals surface area contributed by atoms with Crippen LogP contribution in [0.3, 0.4) is 0 Å². The van der Waals surface area contributed by atoms with Crippen molar-refractivity contribution in [2.45, 2.75) is 25.4 Å². The standard InChI is InChI=1S/C18H25F3N2O2/c1-22(13-17(24)25)11-15-5-3-8-23(12-15)9-7-14-4-2-6-16(10-14)18(19,20)21/h2,4,6,10,15H,3,5,7-9,11-13H2,1H3,(H,24,25)/t15-/m1/s1. The van der Waals surface area contributed by atoms with Crippen LogP contribution >= 0.6 is 0 Å². The molecule has 1 aliphatic rings. The molecule has 25 heavy (non-hydrogen) atoms. The number of carboxylic acids is 1. The molecule has 1 aliphatic heterocycles. The Morgan fingerprint density at radius 2 is 2.16 bits per heavy atom. The molecule has 1 fully saturated rings. The fraction of sp³-hybridized carbons (Fsp3) is 0.611. The molecule has 1 aromatic carbocycles. The largest absolute Gasteiger partial charge is 0.480 e. The highest BCUT2D eigenvalue weighted by molar-refractivity contribution is 5.68. The highest BCUT2D eigenvalue weighted by atomic mass is 19.4. The Bertz CT molecular complexity index is 578. The number of piperidine rings is 1. The van der Waals surface area contributed by atoms with Gasteiger partial charge in [0.05, 0.1) is 12.1 Å². The molecular weight excluding hydrogens is 333 g/mol. The molecule has 0 unspecified atom stereocenters. The molecule has 0 aromatic heterocycles. The molecule has 1 N–H and O–H groups in total. The summed E-state index contributed by atoms with van der Waals surface area (Å²) in [7, 11) is 1.80. The predicted molar refractivity (Wildman–Crippen MR) is 89.4 cm³/mol. The lowest BCUT2D eigenvalue weighted by molar-refractivity contribution is -0.138. The minimum atomic E-state index is -4.30. The van der Waals surface area contributed by atoms with E-state index >= 15 is 0 Å². The van der Waals surface area contributed by atoms with Gasteiger partial charge >= 0.3 is 12.1 Å². The predicted octanol–water partition coefficient (Wildman–Crippen LogP) is 2.98. The molecule has 140 valence electrons. The minimum absolute atomic E-state index is 0.0285. The van der Waals surface area contributed by atoms with E-state index in [-0.39, 0.29) is 6.54 Å². The average Bonchev–Trinajstić information content (AvgIpc) is 2.52. The number of benzene rings is 1. The third-order valence-electron chi connectivity index (χ3n) is 4.55. The normalized spacial score (nSPS) is 19.3. The van der Waals surface area contributed by atoms with Crippen LogP contribution in [-0.4, -0.2) is 60.6 Å². The monoisotopic (exact) mass is 358 g/mol. The molecule has 4 nitrogen and oxygen atoms in total. The van der Waals surface area contributed by atoms with Crippen molar-refractivity contribution >= 4 is 5.97 Å². The first kappa shape index (κ1) is 19.7. The van der Waals surface area contributed by atoms with Crippen LogP contribution in [0.2, 0.25) is 0 Å². The van der Waals surface area contributed by atoms with Crippen LogP contribution in [0.5, 0.6) is 0 Å². The summed E-state index contributed by atoms with van der Waals surface area (Å²) in [6.45, 7) is 3.29. The molecular formula is C18H25F3N2O2. The van der Waals surface area contributed by atoms with Gasteiger partial charge in [-0.05, 0) is 50.4 Å². The number of hydrogen-bond acceptors (Lipinski definition) is 3. The number of nitrogens with zero attached hydrogens (tertiary/aromatic N) is 2. The Morgan fingerprint density at radius 3 is 2.84 bits per heavy atom. The Hall–Kier alpha value is -1.60. The number of alkyl halides is 3. The van der Waals surface area contributed by atoms with Gasteiger partial charge in [0, 0.05) is 19.6 Å². The van der Waals surface area contributed by atoms with Crippen molar-refractivity contribution in [3.8, 4) is 0 Å². The smallest absolute Gasteiger partial charge is 0.416 e. The van der Waals surface area contributed by atoms with Gasteiger partial charge in [0.2, 0.25) is 0 Å². The lowest BCUT2D eigenvalue weighted by Gasteiger charge is -2.34. The first-order valence-corrected chi connectivity index (χ1v) is 8.53. The second-order valence-corrected chi connectivity index (χ2v) is 6.85. The van der Waals surface area contributed by atoms with E-state index in [1.54, 1.807) is 13.1 Å². The molecule has 0 spiro atoms. The molecule has 0 radical (unpaired) electrons. The number of likely N-dealkylation sites (tertiary alicyclic amines) is 1. The highest BCUT2D eigenvalue weighted by Crippen LogP contribution is 2.29. The zero-order chi connectivity index (χ0) is 18.4. The van der Waals surface area contributed by atoms with Crippen LogP contribution < -0.4 is 0 Å². The zero-order valence-corrected chi connectivity index (χ0v) is 14.4. The number of aliphatic carboxylic acids is 1. The van der Waals surface area contributed by atoms with Gasteiger partial charge in [0.15, 0.2) is 0 Å². The SMILES string of the molecule is CN(CC(=O)O)C[C@H]1CCCN(CCc2cccc(C(F)(F)F)c2)C1. The second-order valence-electron chi connectivity index (χ2n) is 6.85. The van der Waals surface area contributed by atoms with Gasteiger partial charge in [0.25, 0.3) is 0 Å². The Labute approximate surface area is 146 Å². The first-order valence-electron chi connectivity index (χ1n) is 8.53.